The van der Waals surface area contributed by atoms with Gasteiger partial charge < -0.3 is 19.7 Å². The number of hydrogen-bond donors (Lipinski definition) is 1. The fourth-order valence-electron chi connectivity index (χ4n) is 3.49. The van der Waals surface area contributed by atoms with E-state index in [0.717, 1.165) is 0 Å². The second-order valence-corrected chi connectivity index (χ2v) is 9.68. The number of carbonyl (C=O) groups is 3. The molecule has 2 aliphatic heterocycles. The second-order valence-electron chi connectivity index (χ2n) is 7.74. The first-order chi connectivity index (χ1) is 14.7. The van der Waals surface area contributed by atoms with Crippen molar-refractivity contribution in [2.24, 2.45) is 5.92 Å². The first kappa shape index (κ1) is 23.2. The van der Waals surface area contributed by atoms with E-state index >= 15 is 0 Å². The standard InChI is InChI=1S/C20H27N3O7S/c1-14(2)23-12-15(11-19(23)25)20(26)30-13-18(24)21-16-3-5-17(6-4-16)31(27,28)22-7-9-29-10-8-22/h3-6,14-15H,7-13H2,1-2H3,(H,21,24). The van der Waals surface area contributed by atoms with Crippen LogP contribution in [0.4, 0.5) is 5.69 Å². The summed E-state index contributed by atoms with van der Waals surface area (Å²) >= 11 is 0. The Balaban J connectivity index is 1.49. The number of nitrogens with one attached hydrogen (secondary N) is 1. The zero-order valence-corrected chi connectivity index (χ0v) is 18.4. The molecule has 1 N–H and O–H groups in total. The molecule has 2 heterocycles. The van der Waals surface area contributed by atoms with E-state index in [4.69, 9.17) is 9.47 Å². The number of esters is 1. The smallest absolute Gasteiger partial charge is 0.311 e. The Morgan fingerprint density at radius 3 is 2.42 bits per heavy atom. The number of benzene rings is 1. The number of sulfonamides is 1. The first-order valence-electron chi connectivity index (χ1n) is 10.1. The Morgan fingerprint density at radius 1 is 1.19 bits per heavy atom. The zero-order chi connectivity index (χ0) is 22.6. The molecule has 170 valence electrons. The maximum absolute atomic E-state index is 12.6. The van der Waals surface area contributed by atoms with Gasteiger partial charge in [-0.3, -0.25) is 14.4 Å². The summed E-state index contributed by atoms with van der Waals surface area (Å²) in [6.07, 6.45) is 0.0811. The van der Waals surface area contributed by atoms with Crippen molar-refractivity contribution < 1.29 is 32.3 Å². The van der Waals surface area contributed by atoms with Gasteiger partial charge in [0.2, 0.25) is 15.9 Å². The Kier molecular flexibility index (Phi) is 7.29. The molecule has 1 unspecified atom stereocenters. The molecule has 1 aromatic carbocycles. The van der Waals surface area contributed by atoms with Crippen LogP contribution in [0.3, 0.4) is 0 Å². The van der Waals surface area contributed by atoms with Gasteiger partial charge in [0.1, 0.15) is 0 Å². The molecule has 2 amide bonds. The molecule has 1 aromatic rings. The van der Waals surface area contributed by atoms with Gasteiger partial charge in [0.25, 0.3) is 5.91 Å². The molecule has 0 spiro atoms. The third-order valence-corrected chi connectivity index (χ3v) is 7.12. The largest absolute Gasteiger partial charge is 0.455 e. The van der Waals surface area contributed by atoms with E-state index in [9.17, 15) is 22.8 Å². The van der Waals surface area contributed by atoms with E-state index < -0.39 is 34.4 Å². The summed E-state index contributed by atoms with van der Waals surface area (Å²) in [5.41, 5.74) is 0.379. The average molecular weight is 454 g/mol. The predicted molar refractivity (Wildman–Crippen MR) is 111 cm³/mol. The number of likely N-dealkylation sites (tertiary alicyclic amines) is 1. The maximum atomic E-state index is 12.6. The van der Waals surface area contributed by atoms with Crippen molar-refractivity contribution in [3.63, 3.8) is 0 Å². The zero-order valence-electron chi connectivity index (χ0n) is 17.6. The van der Waals surface area contributed by atoms with Gasteiger partial charge >= 0.3 is 5.97 Å². The van der Waals surface area contributed by atoms with Crippen LogP contribution in [0.25, 0.3) is 0 Å². The topological polar surface area (TPSA) is 122 Å². The minimum atomic E-state index is -3.61. The molecule has 2 aliphatic rings. The molecule has 0 aliphatic carbocycles. The monoisotopic (exact) mass is 453 g/mol. The van der Waals surface area contributed by atoms with Gasteiger partial charge in [-0.05, 0) is 38.1 Å². The fourth-order valence-corrected chi connectivity index (χ4v) is 4.89. The number of hydrogen-bond acceptors (Lipinski definition) is 7. The van der Waals surface area contributed by atoms with Crippen molar-refractivity contribution in [3.05, 3.63) is 24.3 Å². The van der Waals surface area contributed by atoms with Crippen LogP contribution in [0, 0.1) is 5.92 Å². The van der Waals surface area contributed by atoms with Crippen LogP contribution in [0.2, 0.25) is 0 Å². The Morgan fingerprint density at radius 2 is 1.84 bits per heavy atom. The van der Waals surface area contributed by atoms with Crippen LogP contribution in [0.1, 0.15) is 20.3 Å². The van der Waals surface area contributed by atoms with Gasteiger partial charge in [0.15, 0.2) is 6.61 Å². The van der Waals surface area contributed by atoms with Crippen LogP contribution in [0.15, 0.2) is 29.2 Å². The average Bonchev–Trinajstić information content (AvgIpc) is 3.15. The van der Waals surface area contributed by atoms with Crippen molar-refractivity contribution in [2.75, 3.05) is 44.8 Å². The molecule has 31 heavy (non-hydrogen) atoms. The lowest BCUT2D eigenvalue weighted by atomic mass is 10.1. The highest BCUT2D eigenvalue weighted by atomic mass is 32.2. The molecule has 2 saturated heterocycles. The van der Waals surface area contributed by atoms with Gasteiger partial charge in [0, 0.05) is 37.8 Å². The highest BCUT2D eigenvalue weighted by molar-refractivity contribution is 7.89. The van der Waals surface area contributed by atoms with Gasteiger partial charge in [0.05, 0.1) is 24.0 Å². The SMILES string of the molecule is CC(C)N1CC(C(=O)OCC(=O)Nc2ccc(S(=O)(=O)N3CCOCC3)cc2)CC1=O. The summed E-state index contributed by atoms with van der Waals surface area (Å²) in [4.78, 5) is 37.9. The molecular formula is C20H27N3O7S. The fraction of sp³-hybridized carbons (Fsp3) is 0.550. The summed E-state index contributed by atoms with van der Waals surface area (Å²) in [5.74, 6) is -1.82. The molecule has 1 atom stereocenters. The van der Waals surface area contributed by atoms with E-state index in [1.54, 1.807) is 4.90 Å². The number of ether oxygens (including phenoxy) is 2. The van der Waals surface area contributed by atoms with Crippen LogP contribution < -0.4 is 5.32 Å². The van der Waals surface area contributed by atoms with Gasteiger partial charge in [-0.2, -0.15) is 4.31 Å². The normalized spacial score (nSPS) is 20.2. The minimum Gasteiger partial charge on any atom is -0.455 e. The van der Waals surface area contributed by atoms with Gasteiger partial charge in [-0.25, -0.2) is 8.42 Å². The lowest BCUT2D eigenvalue weighted by Gasteiger charge is -2.26. The van der Waals surface area contributed by atoms with E-state index in [1.807, 2.05) is 13.8 Å². The summed E-state index contributed by atoms with van der Waals surface area (Å²) in [6, 6.07) is 5.78. The lowest BCUT2D eigenvalue weighted by molar-refractivity contribution is -0.151. The van der Waals surface area contributed by atoms with Crippen molar-refractivity contribution in [3.8, 4) is 0 Å². The summed E-state index contributed by atoms with van der Waals surface area (Å²) in [6.45, 7) is 4.86. The summed E-state index contributed by atoms with van der Waals surface area (Å²) < 4.78 is 36.8. The number of anilines is 1. The van der Waals surface area contributed by atoms with Crippen LogP contribution in [-0.2, 0) is 33.9 Å². The Hall–Kier alpha value is -2.50. The lowest BCUT2D eigenvalue weighted by Crippen LogP contribution is -2.40. The van der Waals surface area contributed by atoms with Crippen LogP contribution in [0.5, 0.6) is 0 Å². The van der Waals surface area contributed by atoms with E-state index in [1.165, 1.54) is 28.6 Å². The highest BCUT2D eigenvalue weighted by Gasteiger charge is 2.36. The molecule has 0 aromatic heterocycles. The highest BCUT2D eigenvalue weighted by Crippen LogP contribution is 2.22. The van der Waals surface area contributed by atoms with E-state index in [-0.39, 0.29) is 29.8 Å². The third-order valence-electron chi connectivity index (χ3n) is 5.21. The molecule has 10 nitrogen and oxygen atoms in total. The Labute approximate surface area is 181 Å². The summed E-state index contributed by atoms with van der Waals surface area (Å²) in [5, 5.41) is 2.56. The summed E-state index contributed by atoms with van der Waals surface area (Å²) in [7, 11) is -3.61. The quantitative estimate of drug-likeness (QED) is 0.595. The van der Waals surface area contributed by atoms with Crippen LogP contribution >= 0.6 is 0 Å². The van der Waals surface area contributed by atoms with Crippen molar-refractivity contribution in [1.82, 2.24) is 9.21 Å². The molecule has 0 radical (unpaired) electrons. The van der Waals surface area contributed by atoms with Crippen molar-refractivity contribution in [2.45, 2.75) is 31.2 Å². The predicted octanol–water partition coefficient (Wildman–Crippen LogP) is 0.446. The molecule has 0 bridgehead atoms. The maximum Gasteiger partial charge on any atom is 0.311 e. The Bertz CT molecular complexity index is 925. The number of morpholine rings is 1. The van der Waals surface area contributed by atoms with Gasteiger partial charge in [-0.1, -0.05) is 0 Å². The van der Waals surface area contributed by atoms with Crippen molar-refractivity contribution in [1.29, 1.82) is 0 Å². The number of rotatable bonds is 7. The number of amides is 2. The van der Waals surface area contributed by atoms with Gasteiger partial charge in [-0.15, -0.1) is 0 Å². The van der Waals surface area contributed by atoms with Crippen LogP contribution in [-0.4, -0.2) is 80.9 Å². The first-order valence-corrected chi connectivity index (χ1v) is 11.6. The third kappa shape index (κ3) is 5.60. The number of carbonyl (C=O) groups excluding carboxylic acids is 3. The van der Waals surface area contributed by atoms with E-state index in [0.29, 0.717) is 32.0 Å². The van der Waals surface area contributed by atoms with E-state index in [2.05, 4.69) is 5.32 Å². The molecule has 2 fully saturated rings. The van der Waals surface area contributed by atoms with Crippen molar-refractivity contribution >= 4 is 33.5 Å². The molecule has 0 saturated carbocycles. The second kappa shape index (κ2) is 9.75. The molecule has 3 rings (SSSR count). The molecule has 11 heteroatoms. The molecular weight excluding hydrogens is 426 g/mol. The number of nitrogens with zero attached hydrogens (tertiary/aromatic N) is 2. The minimum absolute atomic E-state index is 0.00336.